The van der Waals surface area contributed by atoms with Gasteiger partial charge in [-0.15, -0.1) is 4.99 Å². The normalized spacial score (nSPS) is 27.0. The number of aliphatic imine (C=N–C) groups is 1. The summed E-state index contributed by atoms with van der Waals surface area (Å²) in [6.07, 6.45) is 1.01. The summed E-state index contributed by atoms with van der Waals surface area (Å²) < 4.78 is 5.92. The van der Waals surface area contributed by atoms with Crippen molar-refractivity contribution in [1.29, 1.82) is 10.5 Å². The zero-order chi connectivity index (χ0) is 16.6. The molecule has 1 N–H and O–H groups in total. The van der Waals surface area contributed by atoms with Gasteiger partial charge < -0.3 is 14.7 Å². The lowest BCUT2D eigenvalue weighted by molar-refractivity contribution is -0.0800. The predicted molar refractivity (Wildman–Crippen MR) is 86.8 cm³/mol. The highest BCUT2D eigenvalue weighted by Gasteiger charge is 2.47. The van der Waals surface area contributed by atoms with Crippen LogP contribution in [-0.2, 0) is 0 Å². The summed E-state index contributed by atoms with van der Waals surface area (Å²) in [6.45, 7) is 4.34. The highest BCUT2D eigenvalue weighted by Crippen LogP contribution is 2.45. The van der Waals surface area contributed by atoms with Crippen molar-refractivity contribution in [3.05, 3.63) is 29.3 Å². The Morgan fingerprint density at radius 1 is 1.43 bits per heavy atom. The van der Waals surface area contributed by atoms with Crippen LogP contribution in [0.3, 0.4) is 0 Å². The van der Waals surface area contributed by atoms with Crippen molar-refractivity contribution >= 4 is 16.9 Å². The third-order valence-electron chi connectivity index (χ3n) is 4.13. The molecule has 0 amide bonds. The number of nitriles is 2. The minimum absolute atomic E-state index is 0.399. The molecule has 2 atom stereocenters. The molecule has 1 fully saturated rings. The molecular formula is C16H16N4O2S. The largest absolute Gasteiger partial charge is 0.485 e. The van der Waals surface area contributed by atoms with Crippen LogP contribution in [0.4, 0.5) is 0 Å². The number of aliphatic hydroxyl groups excluding tert-OH is 1. The number of aliphatic hydroxyl groups is 1. The number of benzene rings is 1. The Balaban J connectivity index is 2.13. The van der Waals surface area contributed by atoms with Crippen LogP contribution in [0.1, 0.15) is 31.0 Å². The fourth-order valence-electron chi connectivity index (χ4n) is 2.99. The summed E-state index contributed by atoms with van der Waals surface area (Å²) in [5.41, 5.74) is 0.482. The molecule has 0 spiro atoms. The molecule has 0 radical (unpaired) electrons. The number of fused-ring (bicyclic) bond motifs is 1. The standard InChI is InChI=1S/C16H16N4O2S/c1-16(2)14(21)13(20-5-6-23-15(20)19-9-18)11-7-10(8-17)3-4-12(11)22-16/h3-4,7,13-14,21H,5-6H2,1-2H3/b19-15-. The zero-order valence-corrected chi connectivity index (χ0v) is 13.7. The van der Waals surface area contributed by atoms with E-state index in [-0.39, 0.29) is 0 Å². The zero-order valence-electron chi connectivity index (χ0n) is 12.9. The molecule has 23 heavy (non-hydrogen) atoms. The van der Waals surface area contributed by atoms with Crippen molar-refractivity contribution in [2.75, 3.05) is 12.3 Å². The fourth-order valence-corrected chi connectivity index (χ4v) is 3.93. The quantitative estimate of drug-likeness (QED) is 0.793. The number of rotatable bonds is 1. The number of nitrogens with zero attached hydrogens (tertiary/aromatic N) is 4. The van der Waals surface area contributed by atoms with Gasteiger partial charge in [-0.05, 0) is 32.0 Å². The Labute approximate surface area is 139 Å². The summed E-state index contributed by atoms with van der Waals surface area (Å²) >= 11 is 1.49. The molecule has 118 valence electrons. The fraction of sp³-hybridized carbons (Fsp3) is 0.438. The van der Waals surface area contributed by atoms with Crippen LogP contribution in [-0.4, -0.2) is 39.2 Å². The van der Waals surface area contributed by atoms with Gasteiger partial charge in [-0.1, -0.05) is 11.8 Å². The number of hydrogen-bond acceptors (Lipinski definition) is 6. The van der Waals surface area contributed by atoms with E-state index in [2.05, 4.69) is 11.1 Å². The molecule has 2 heterocycles. The summed E-state index contributed by atoms with van der Waals surface area (Å²) in [6, 6.07) is 6.92. The molecule has 7 heteroatoms. The predicted octanol–water partition coefficient (Wildman–Crippen LogP) is 2.02. The molecule has 2 aliphatic rings. The second kappa shape index (κ2) is 5.77. The molecule has 0 bridgehead atoms. The van der Waals surface area contributed by atoms with E-state index in [9.17, 15) is 5.11 Å². The maximum atomic E-state index is 10.9. The SMILES string of the molecule is CC1(C)Oc2ccc(C#N)cc2C(N2CCS/C2=N\C#N)C1O. The topological polar surface area (TPSA) is 92.6 Å². The molecule has 1 aromatic carbocycles. The molecule has 1 saturated heterocycles. The maximum Gasteiger partial charge on any atom is 0.208 e. The third-order valence-corrected chi connectivity index (χ3v) is 5.10. The van der Waals surface area contributed by atoms with Gasteiger partial charge in [0.1, 0.15) is 17.5 Å². The molecule has 0 aliphatic carbocycles. The van der Waals surface area contributed by atoms with E-state index in [1.54, 1.807) is 18.2 Å². The van der Waals surface area contributed by atoms with Crippen LogP contribution in [0.15, 0.2) is 23.2 Å². The first-order valence-electron chi connectivity index (χ1n) is 7.25. The summed E-state index contributed by atoms with van der Waals surface area (Å²) in [5.74, 6) is 1.45. The van der Waals surface area contributed by atoms with Gasteiger partial charge in [0, 0.05) is 17.9 Å². The van der Waals surface area contributed by atoms with Crippen LogP contribution >= 0.6 is 11.8 Å². The minimum atomic E-state index is -0.813. The molecule has 2 unspecified atom stereocenters. The Bertz CT molecular complexity index is 747. The molecule has 6 nitrogen and oxygen atoms in total. The monoisotopic (exact) mass is 328 g/mol. The van der Waals surface area contributed by atoms with Crippen molar-refractivity contribution in [1.82, 2.24) is 4.90 Å². The number of thioether (sulfide) groups is 1. The van der Waals surface area contributed by atoms with E-state index >= 15 is 0 Å². The van der Waals surface area contributed by atoms with Gasteiger partial charge >= 0.3 is 0 Å². The van der Waals surface area contributed by atoms with E-state index in [1.165, 1.54) is 11.8 Å². The first kappa shape index (κ1) is 15.7. The van der Waals surface area contributed by atoms with Crippen molar-refractivity contribution in [3.63, 3.8) is 0 Å². The van der Waals surface area contributed by atoms with Gasteiger partial charge in [0.2, 0.25) is 6.19 Å². The van der Waals surface area contributed by atoms with E-state index in [0.29, 0.717) is 23.0 Å². The first-order valence-corrected chi connectivity index (χ1v) is 8.24. The smallest absolute Gasteiger partial charge is 0.208 e. The highest BCUT2D eigenvalue weighted by molar-refractivity contribution is 8.14. The Morgan fingerprint density at radius 3 is 2.91 bits per heavy atom. The van der Waals surface area contributed by atoms with Gasteiger partial charge in [0.15, 0.2) is 5.17 Å². The van der Waals surface area contributed by atoms with Gasteiger partial charge in [-0.3, -0.25) is 0 Å². The van der Waals surface area contributed by atoms with Crippen LogP contribution in [0.2, 0.25) is 0 Å². The van der Waals surface area contributed by atoms with Gasteiger partial charge in [0.05, 0.1) is 17.7 Å². The van der Waals surface area contributed by atoms with E-state index < -0.39 is 17.7 Å². The van der Waals surface area contributed by atoms with Crippen LogP contribution in [0.5, 0.6) is 5.75 Å². The maximum absolute atomic E-state index is 10.9. The van der Waals surface area contributed by atoms with Gasteiger partial charge in [-0.2, -0.15) is 10.5 Å². The molecule has 0 aromatic heterocycles. The van der Waals surface area contributed by atoms with Crippen molar-refractivity contribution in [3.8, 4) is 18.0 Å². The van der Waals surface area contributed by atoms with Gasteiger partial charge in [-0.25, -0.2) is 0 Å². The van der Waals surface area contributed by atoms with Crippen molar-refractivity contribution in [2.24, 2.45) is 4.99 Å². The van der Waals surface area contributed by atoms with Crippen LogP contribution in [0, 0.1) is 22.8 Å². The number of hydrogen-bond donors (Lipinski definition) is 1. The van der Waals surface area contributed by atoms with Gasteiger partial charge in [0.25, 0.3) is 0 Å². The average Bonchev–Trinajstić information content (AvgIpc) is 2.96. The highest BCUT2D eigenvalue weighted by atomic mass is 32.2. The lowest BCUT2D eigenvalue weighted by atomic mass is 9.85. The molecule has 1 aromatic rings. The van der Waals surface area contributed by atoms with E-state index in [0.717, 1.165) is 11.3 Å². The average molecular weight is 328 g/mol. The Kier molecular flexibility index (Phi) is 3.93. The number of ether oxygens (including phenoxy) is 1. The summed E-state index contributed by atoms with van der Waals surface area (Å²) in [7, 11) is 0. The van der Waals surface area contributed by atoms with Crippen LogP contribution < -0.4 is 4.74 Å². The second-order valence-corrected chi connectivity index (χ2v) is 7.06. The Morgan fingerprint density at radius 2 is 2.22 bits per heavy atom. The van der Waals surface area contributed by atoms with E-state index in [1.807, 2.05) is 24.9 Å². The summed E-state index contributed by atoms with van der Waals surface area (Å²) in [5, 5.41) is 29.5. The molecule has 2 aliphatic heterocycles. The molecular weight excluding hydrogens is 312 g/mol. The van der Waals surface area contributed by atoms with Crippen LogP contribution in [0.25, 0.3) is 0 Å². The number of amidine groups is 1. The molecule has 0 saturated carbocycles. The lowest BCUT2D eigenvalue weighted by Gasteiger charge is -2.45. The first-order chi connectivity index (χ1) is 11.0. The summed E-state index contributed by atoms with van der Waals surface area (Å²) in [4.78, 5) is 5.81. The van der Waals surface area contributed by atoms with Crippen molar-refractivity contribution < 1.29 is 9.84 Å². The minimum Gasteiger partial charge on any atom is -0.485 e. The second-order valence-electron chi connectivity index (χ2n) is 6.00. The molecule has 3 rings (SSSR count). The third kappa shape index (κ3) is 2.63. The van der Waals surface area contributed by atoms with Crippen molar-refractivity contribution in [2.45, 2.75) is 31.6 Å². The lowest BCUT2D eigenvalue weighted by Crippen LogP contribution is -2.53. The van der Waals surface area contributed by atoms with E-state index in [4.69, 9.17) is 15.3 Å². The Hall–Kier alpha value is -2.22.